The van der Waals surface area contributed by atoms with Gasteiger partial charge in [0, 0.05) is 23.3 Å². The Morgan fingerprint density at radius 2 is 1.47 bits per heavy atom. The van der Waals surface area contributed by atoms with Crippen molar-refractivity contribution in [1.82, 2.24) is 0 Å². The lowest BCUT2D eigenvalue weighted by molar-refractivity contribution is -0.116. The van der Waals surface area contributed by atoms with Crippen molar-refractivity contribution in [2.24, 2.45) is 0 Å². The number of hydrogen-bond acceptors (Lipinski definition) is 7. The fourth-order valence-electron chi connectivity index (χ4n) is 5.19. The van der Waals surface area contributed by atoms with Gasteiger partial charge in [0.25, 0.3) is 0 Å². The third-order valence-electron chi connectivity index (χ3n) is 6.94. The summed E-state index contributed by atoms with van der Waals surface area (Å²) in [7, 11) is 6.42. The van der Waals surface area contributed by atoms with E-state index in [0.29, 0.717) is 35.7 Å². The van der Waals surface area contributed by atoms with Crippen molar-refractivity contribution in [1.29, 1.82) is 0 Å². The SMILES string of the molecule is COc1ccc(C2CC(=O)C3=C(C2)Nc2ccccc2NC3c2ccc(OC)c(OC)c2OC)cc1. The Labute approximate surface area is 211 Å². The number of allylic oxidation sites excluding steroid dienone is 1. The van der Waals surface area contributed by atoms with Gasteiger partial charge < -0.3 is 29.6 Å². The van der Waals surface area contributed by atoms with Crippen LogP contribution in [0.15, 0.2) is 71.9 Å². The van der Waals surface area contributed by atoms with Crippen LogP contribution in [-0.4, -0.2) is 34.2 Å². The molecule has 0 fully saturated rings. The number of nitrogens with one attached hydrogen (secondary N) is 2. The van der Waals surface area contributed by atoms with Gasteiger partial charge in [-0.25, -0.2) is 0 Å². The lowest BCUT2D eigenvalue weighted by Gasteiger charge is -2.31. The number of benzene rings is 3. The molecule has 0 saturated heterocycles. The summed E-state index contributed by atoms with van der Waals surface area (Å²) in [6, 6.07) is 19.3. The number of fused-ring (bicyclic) bond motifs is 1. The molecule has 0 amide bonds. The molecule has 2 aliphatic rings. The Kier molecular flexibility index (Phi) is 6.46. The van der Waals surface area contributed by atoms with Crippen LogP contribution in [0.3, 0.4) is 0 Å². The molecule has 0 bridgehead atoms. The molecule has 5 rings (SSSR count). The van der Waals surface area contributed by atoms with Gasteiger partial charge in [0.1, 0.15) is 5.75 Å². The summed E-state index contributed by atoms with van der Waals surface area (Å²) in [4.78, 5) is 13.8. The summed E-state index contributed by atoms with van der Waals surface area (Å²) in [5.41, 5.74) is 5.37. The van der Waals surface area contributed by atoms with Crippen LogP contribution in [0.4, 0.5) is 11.4 Å². The van der Waals surface area contributed by atoms with Crippen LogP contribution < -0.4 is 29.6 Å². The van der Waals surface area contributed by atoms with Crippen molar-refractivity contribution < 1.29 is 23.7 Å². The maximum absolute atomic E-state index is 13.8. The monoisotopic (exact) mass is 486 g/mol. The second kappa shape index (κ2) is 9.85. The molecule has 7 nitrogen and oxygen atoms in total. The molecule has 0 radical (unpaired) electrons. The van der Waals surface area contributed by atoms with Crippen LogP contribution >= 0.6 is 0 Å². The molecular weight excluding hydrogens is 456 g/mol. The number of rotatable bonds is 6. The van der Waals surface area contributed by atoms with Crippen LogP contribution in [0, 0.1) is 0 Å². The number of hydrogen-bond donors (Lipinski definition) is 2. The maximum atomic E-state index is 13.8. The van der Waals surface area contributed by atoms with Gasteiger partial charge in [-0.2, -0.15) is 0 Å². The van der Waals surface area contributed by atoms with Crippen LogP contribution in [0.1, 0.15) is 35.9 Å². The number of anilines is 2. The van der Waals surface area contributed by atoms with E-state index >= 15 is 0 Å². The van der Waals surface area contributed by atoms with E-state index in [0.717, 1.165) is 33.9 Å². The number of Topliss-reactive ketones (excluding diaryl/α,β-unsaturated/α-hetero) is 1. The van der Waals surface area contributed by atoms with Crippen molar-refractivity contribution in [2.45, 2.75) is 24.8 Å². The zero-order valence-corrected chi connectivity index (χ0v) is 20.9. The molecule has 7 heteroatoms. The minimum atomic E-state index is -0.435. The number of methoxy groups -OCH3 is 4. The van der Waals surface area contributed by atoms with E-state index in [-0.39, 0.29) is 11.7 Å². The quantitative estimate of drug-likeness (QED) is 0.463. The molecule has 2 N–H and O–H groups in total. The summed E-state index contributed by atoms with van der Waals surface area (Å²) in [5.74, 6) is 2.54. The minimum absolute atomic E-state index is 0.0628. The summed E-state index contributed by atoms with van der Waals surface area (Å²) in [5, 5.41) is 7.18. The maximum Gasteiger partial charge on any atom is 0.203 e. The molecule has 1 heterocycles. The largest absolute Gasteiger partial charge is 0.497 e. The smallest absolute Gasteiger partial charge is 0.203 e. The third-order valence-corrected chi connectivity index (χ3v) is 6.94. The fraction of sp³-hybridized carbons (Fsp3) is 0.276. The summed E-state index contributed by atoms with van der Waals surface area (Å²) < 4.78 is 22.2. The van der Waals surface area contributed by atoms with Crippen molar-refractivity contribution in [3.63, 3.8) is 0 Å². The standard InChI is InChI=1S/C29H30N2O5/c1-33-19-11-9-17(10-12-19)18-15-23-26(24(32)16-18)27(31-22-8-6-5-7-21(22)30-23)20-13-14-25(34-2)29(36-4)28(20)35-3/h5-14,18,27,30-31H,15-16H2,1-4H3. The first-order valence-electron chi connectivity index (χ1n) is 11.9. The van der Waals surface area contributed by atoms with Crippen molar-refractivity contribution in [3.05, 3.63) is 83.1 Å². The molecule has 2 unspecified atom stereocenters. The molecule has 2 atom stereocenters. The van der Waals surface area contributed by atoms with Gasteiger partial charge in [0.15, 0.2) is 17.3 Å². The zero-order chi connectivity index (χ0) is 25.2. The number of carbonyl (C=O) groups is 1. The molecule has 36 heavy (non-hydrogen) atoms. The summed E-state index contributed by atoms with van der Waals surface area (Å²) in [6.07, 6.45) is 1.12. The predicted molar refractivity (Wildman–Crippen MR) is 140 cm³/mol. The highest BCUT2D eigenvalue weighted by atomic mass is 16.5. The Morgan fingerprint density at radius 1 is 0.750 bits per heavy atom. The number of ether oxygens (including phenoxy) is 4. The zero-order valence-electron chi connectivity index (χ0n) is 20.9. The average Bonchev–Trinajstić information content (AvgIpc) is 3.09. The van der Waals surface area contributed by atoms with E-state index < -0.39 is 6.04 Å². The van der Waals surface area contributed by atoms with E-state index in [9.17, 15) is 4.79 Å². The molecular formula is C29H30N2O5. The van der Waals surface area contributed by atoms with Gasteiger partial charge in [-0.05, 0) is 54.3 Å². The molecule has 3 aromatic rings. The van der Waals surface area contributed by atoms with Crippen molar-refractivity contribution in [3.8, 4) is 23.0 Å². The predicted octanol–water partition coefficient (Wildman–Crippen LogP) is 5.70. The molecule has 0 aromatic heterocycles. The van der Waals surface area contributed by atoms with Gasteiger partial charge in [-0.15, -0.1) is 0 Å². The first-order valence-corrected chi connectivity index (χ1v) is 11.9. The minimum Gasteiger partial charge on any atom is -0.497 e. The lowest BCUT2D eigenvalue weighted by Crippen LogP contribution is -2.27. The molecule has 1 aliphatic heterocycles. The highest BCUT2D eigenvalue weighted by Gasteiger charge is 2.38. The summed E-state index contributed by atoms with van der Waals surface area (Å²) in [6.45, 7) is 0. The fourth-order valence-corrected chi connectivity index (χ4v) is 5.19. The molecule has 0 spiro atoms. The Hall–Kier alpha value is -4.13. The molecule has 186 valence electrons. The Bertz CT molecular complexity index is 1320. The van der Waals surface area contributed by atoms with Crippen LogP contribution in [0.5, 0.6) is 23.0 Å². The van der Waals surface area contributed by atoms with Crippen LogP contribution in [0.2, 0.25) is 0 Å². The van der Waals surface area contributed by atoms with Crippen molar-refractivity contribution >= 4 is 17.2 Å². The Morgan fingerprint density at radius 3 is 2.14 bits per heavy atom. The third kappa shape index (κ3) is 4.11. The normalized spacial score (nSPS) is 18.7. The molecule has 1 aliphatic carbocycles. The highest BCUT2D eigenvalue weighted by molar-refractivity contribution is 6.01. The molecule has 3 aromatic carbocycles. The van der Waals surface area contributed by atoms with Gasteiger partial charge >= 0.3 is 0 Å². The molecule has 0 saturated carbocycles. The topological polar surface area (TPSA) is 78.1 Å². The van der Waals surface area contributed by atoms with Gasteiger partial charge in [-0.3, -0.25) is 4.79 Å². The summed E-state index contributed by atoms with van der Waals surface area (Å²) >= 11 is 0. The van der Waals surface area contributed by atoms with E-state index in [1.54, 1.807) is 28.4 Å². The lowest BCUT2D eigenvalue weighted by atomic mass is 9.78. The van der Waals surface area contributed by atoms with Gasteiger partial charge in [0.05, 0.1) is 45.9 Å². The van der Waals surface area contributed by atoms with E-state index in [1.165, 1.54) is 0 Å². The van der Waals surface area contributed by atoms with Gasteiger partial charge in [-0.1, -0.05) is 24.3 Å². The number of ketones is 1. The van der Waals surface area contributed by atoms with Crippen molar-refractivity contribution in [2.75, 3.05) is 39.1 Å². The van der Waals surface area contributed by atoms with E-state index in [4.69, 9.17) is 18.9 Å². The average molecular weight is 487 g/mol. The van der Waals surface area contributed by atoms with Crippen LogP contribution in [-0.2, 0) is 4.79 Å². The number of carbonyl (C=O) groups excluding carboxylic acids is 1. The van der Waals surface area contributed by atoms with E-state index in [1.807, 2.05) is 60.7 Å². The second-order valence-corrected chi connectivity index (χ2v) is 8.87. The van der Waals surface area contributed by atoms with E-state index in [2.05, 4.69) is 10.6 Å². The number of para-hydroxylation sites is 2. The first-order chi connectivity index (χ1) is 17.6. The second-order valence-electron chi connectivity index (χ2n) is 8.87. The Balaban J connectivity index is 1.64. The van der Waals surface area contributed by atoms with Gasteiger partial charge in [0.2, 0.25) is 5.75 Å². The highest BCUT2D eigenvalue weighted by Crippen LogP contribution is 2.49. The first kappa shape index (κ1) is 23.6. The van der Waals surface area contributed by atoms with Crippen LogP contribution in [0.25, 0.3) is 0 Å².